The summed E-state index contributed by atoms with van der Waals surface area (Å²) in [4.78, 5) is 24.1. The molecular weight excluding hydrogens is 292 g/mol. The Morgan fingerprint density at radius 1 is 1.33 bits per heavy atom. The molecule has 0 atom stereocenters. The van der Waals surface area contributed by atoms with Crippen molar-refractivity contribution in [1.82, 2.24) is 5.32 Å². The van der Waals surface area contributed by atoms with Crippen LogP contribution >= 0.6 is 12.4 Å². The zero-order chi connectivity index (χ0) is 14.9. The van der Waals surface area contributed by atoms with Crippen LogP contribution < -0.4 is 16.7 Å². The Hall–Kier alpha value is -1.85. The lowest BCUT2D eigenvalue weighted by Crippen LogP contribution is -2.46. The highest BCUT2D eigenvalue weighted by Crippen LogP contribution is 2.18. The summed E-state index contributed by atoms with van der Waals surface area (Å²) in [6, 6.07) is 7.13. The van der Waals surface area contributed by atoms with Crippen molar-refractivity contribution >= 4 is 29.3 Å². The maximum Gasteiger partial charge on any atom is 0.349 e. The second-order valence-corrected chi connectivity index (χ2v) is 5.56. The zero-order valence-electron chi connectivity index (χ0n) is 12.2. The number of nitrogens with one attached hydrogen (secondary N) is 1. The minimum atomic E-state index is -0.631. The van der Waals surface area contributed by atoms with E-state index < -0.39 is 17.1 Å². The normalized spacial score (nSPS) is 11.0. The van der Waals surface area contributed by atoms with Gasteiger partial charge in [-0.05, 0) is 32.4 Å². The second kappa shape index (κ2) is 6.28. The first-order chi connectivity index (χ1) is 9.29. The van der Waals surface area contributed by atoms with Crippen molar-refractivity contribution in [2.45, 2.75) is 26.3 Å². The minimum Gasteiger partial charge on any atom is -0.422 e. The Bertz CT molecular complexity index is 717. The number of fused-ring (bicyclic) bond motifs is 1. The molecule has 0 radical (unpaired) electrons. The molecule has 2 rings (SSSR count). The smallest absolute Gasteiger partial charge is 0.349 e. The van der Waals surface area contributed by atoms with Crippen LogP contribution in [-0.2, 0) is 0 Å². The molecule has 5 nitrogen and oxygen atoms in total. The number of halogens is 1. The third-order valence-electron chi connectivity index (χ3n) is 3.00. The van der Waals surface area contributed by atoms with Crippen molar-refractivity contribution in [2.75, 3.05) is 6.54 Å². The largest absolute Gasteiger partial charge is 0.422 e. The van der Waals surface area contributed by atoms with Crippen LogP contribution in [-0.4, -0.2) is 18.0 Å². The average molecular weight is 311 g/mol. The topological polar surface area (TPSA) is 85.3 Å². The van der Waals surface area contributed by atoms with Gasteiger partial charge in [-0.3, -0.25) is 4.79 Å². The Kier molecular flexibility index (Phi) is 5.15. The third-order valence-corrected chi connectivity index (χ3v) is 3.00. The van der Waals surface area contributed by atoms with Crippen LogP contribution in [0.4, 0.5) is 0 Å². The number of para-hydroxylation sites is 1. The molecule has 3 N–H and O–H groups in total. The van der Waals surface area contributed by atoms with E-state index in [0.717, 1.165) is 5.39 Å². The molecule has 1 aromatic heterocycles. The monoisotopic (exact) mass is 310 g/mol. The summed E-state index contributed by atoms with van der Waals surface area (Å²) < 4.78 is 5.18. The number of benzene rings is 1. The maximum absolute atomic E-state index is 12.2. The molecule has 0 saturated carbocycles. The van der Waals surface area contributed by atoms with Crippen LogP contribution in [0.2, 0.25) is 0 Å². The summed E-state index contributed by atoms with van der Waals surface area (Å²) in [5, 5.41) is 3.42. The van der Waals surface area contributed by atoms with Crippen LogP contribution in [0.25, 0.3) is 11.0 Å². The van der Waals surface area contributed by atoms with Gasteiger partial charge in [-0.1, -0.05) is 18.2 Å². The number of hydrogen-bond donors (Lipinski definition) is 2. The highest BCUT2D eigenvalue weighted by molar-refractivity contribution is 5.99. The Morgan fingerprint density at radius 3 is 2.57 bits per heavy atom. The quantitative estimate of drug-likeness (QED) is 0.849. The van der Waals surface area contributed by atoms with Crippen molar-refractivity contribution in [3.05, 3.63) is 45.8 Å². The van der Waals surface area contributed by atoms with Crippen LogP contribution in [0.5, 0.6) is 0 Å². The summed E-state index contributed by atoms with van der Waals surface area (Å²) in [5.41, 5.74) is 5.77. The standard InChI is InChI=1S/C15H18N2O3.ClH/c1-9-10-6-4-5-7-11(10)20-14(19)12(9)13(18)17-8-15(2,3)16;/h4-7H,8,16H2,1-3H3,(H,17,18);1H. The first kappa shape index (κ1) is 17.2. The highest BCUT2D eigenvalue weighted by atomic mass is 35.5. The molecule has 0 aliphatic rings. The molecule has 6 heteroatoms. The summed E-state index contributed by atoms with van der Waals surface area (Å²) in [6.45, 7) is 5.60. The molecule has 114 valence electrons. The Balaban J connectivity index is 0.00000220. The van der Waals surface area contributed by atoms with E-state index in [1.165, 1.54) is 0 Å². The van der Waals surface area contributed by atoms with Crippen LogP contribution in [0.15, 0.2) is 33.5 Å². The third kappa shape index (κ3) is 3.83. The fourth-order valence-electron chi connectivity index (χ4n) is 1.96. The number of rotatable bonds is 3. The van der Waals surface area contributed by atoms with Crippen LogP contribution in [0, 0.1) is 6.92 Å². The van der Waals surface area contributed by atoms with Crippen molar-refractivity contribution in [3.8, 4) is 0 Å². The SMILES string of the molecule is Cc1c(C(=O)NCC(C)(C)N)c(=O)oc2ccccc12.Cl. The highest BCUT2D eigenvalue weighted by Gasteiger charge is 2.20. The van der Waals surface area contributed by atoms with E-state index in [1.54, 1.807) is 32.9 Å². The van der Waals surface area contributed by atoms with E-state index in [-0.39, 0.29) is 24.5 Å². The van der Waals surface area contributed by atoms with Gasteiger partial charge in [0, 0.05) is 17.5 Å². The molecule has 2 aromatic rings. The predicted molar refractivity (Wildman–Crippen MR) is 85.1 cm³/mol. The molecule has 0 fully saturated rings. The molecule has 0 spiro atoms. The number of carbonyl (C=O) groups excluding carboxylic acids is 1. The summed E-state index contributed by atoms with van der Waals surface area (Å²) in [6.07, 6.45) is 0. The number of carbonyl (C=O) groups is 1. The fraction of sp³-hybridized carbons (Fsp3) is 0.333. The lowest BCUT2D eigenvalue weighted by molar-refractivity contribution is 0.0942. The van der Waals surface area contributed by atoms with E-state index in [4.69, 9.17) is 10.2 Å². The van der Waals surface area contributed by atoms with Gasteiger partial charge in [0.15, 0.2) is 0 Å². The molecular formula is C15H19ClN2O3. The van der Waals surface area contributed by atoms with Crippen LogP contribution in [0.1, 0.15) is 29.8 Å². The van der Waals surface area contributed by atoms with Gasteiger partial charge in [-0.2, -0.15) is 0 Å². The first-order valence-corrected chi connectivity index (χ1v) is 6.39. The first-order valence-electron chi connectivity index (χ1n) is 6.39. The number of nitrogens with two attached hydrogens (primary N) is 1. The second-order valence-electron chi connectivity index (χ2n) is 5.56. The lowest BCUT2D eigenvalue weighted by atomic mass is 10.0. The van der Waals surface area contributed by atoms with Gasteiger partial charge in [0.1, 0.15) is 11.1 Å². The molecule has 1 heterocycles. The summed E-state index contributed by atoms with van der Waals surface area (Å²) >= 11 is 0. The number of amides is 1. The summed E-state index contributed by atoms with van der Waals surface area (Å²) in [7, 11) is 0. The summed E-state index contributed by atoms with van der Waals surface area (Å²) in [5.74, 6) is -0.458. The van der Waals surface area contributed by atoms with E-state index in [0.29, 0.717) is 11.1 Å². The van der Waals surface area contributed by atoms with Crippen molar-refractivity contribution in [1.29, 1.82) is 0 Å². The fourth-order valence-corrected chi connectivity index (χ4v) is 1.96. The van der Waals surface area contributed by atoms with Crippen molar-refractivity contribution in [2.24, 2.45) is 5.73 Å². The zero-order valence-corrected chi connectivity index (χ0v) is 13.0. The van der Waals surface area contributed by atoms with E-state index in [1.807, 2.05) is 12.1 Å². The molecule has 21 heavy (non-hydrogen) atoms. The van der Waals surface area contributed by atoms with Crippen molar-refractivity contribution < 1.29 is 9.21 Å². The molecule has 0 unspecified atom stereocenters. The Labute approximate surface area is 128 Å². The van der Waals surface area contributed by atoms with Gasteiger partial charge < -0.3 is 15.5 Å². The van der Waals surface area contributed by atoms with Gasteiger partial charge in [0.25, 0.3) is 5.91 Å². The molecule has 1 aromatic carbocycles. The van der Waals surface area contributed by atoms with E-state index in [9.17, 15) is 9.59 Å². The number of aryl methyl sites for hydroxylation is 1. The molecule has 0 aliphatic heterocycles. The van der Waals surface area contributed by atoms with Gasteiger partial charge in [0.05, 0.1) is 0 Å². The van der Waals surface area contributed by atoms with E-state index in [2.05, 4.69) is 5.32 Å². The molecule has 0 aliphatic carbocycles. The molecule has 0 saturated heterocycles. The Morgan fingerprint density at radius 2 is 1.95 bits per heavy atom. The lowest BCUT2D eigenvalue weighted by Gasteiger charge is -2.19. The van der Waals surface area contributed by atoms with Gasteiger partial charge >= 0.3 is 5.63 Å². The minimum absolute atomic E-state index is 0. The maximum atomic E-state index is 12.2. The van der Waals surface area contributed by atoms with Gasteiger partial charge in [-0.15, -0.1) is 12.4 Å². The van der Waals surface area contributed by atoms with E-state index >= 15 is 0 Å². The van der Waals surface area contributed by atoms with Gasteiger partial charge in [0.2, 0.25) is 0 Å². The molecule has 0 bridgehead atoms. The molecule has 1 amide bonds. The average Bonchev–Trinajstić information content (AvgIpc) is 2.35. The van der Waals surface area contributed by atoms with Gasteiger partial charge in [-0.25, -0.2) is 4.79 Å². The van der Waals surface area contributed by atoms with Crippen LogP contribution in [0.3, 0.4) is 0 Å². The number of hydrogen-bond acceptors (Lipinski definition) is 4. The van der Waals surface area contributed by atoms with Crippen molar-refractivity contribution in [3.63, 3.8) is 0 Å². The predicted octanol–water partition coefficient (Wildman–Crippen LogP) is 1.99.